The minimum Gasteiger partial charge on any atom is -0.388 e. The molecule has 1 rings (SSSR count). The Morgan fingerprint density at radius 1 is 1.64 bits per heavy atom. The minimum atomic E-state index is -0.838. The van der Waals surface area contributed by atoms with Crippen molar-refractivity contribution >= 4 is 0 Å². The lowest BCUT2D eigenvalue weighted by molar-refractivity contribution is 0.0371. The van der Waals surface area contributed by atoms with Crippen LogP contribution in [0.3, 0.4) is 0 Å². The smallest absolute Gasteiger partial charge is 0.138 e. The molecule has 1 aromatic heterocycles. The fourth-order valence-electron chi connectivity index (χ4n) is 1.50. The average molecular weight is 198 g/mol. The van der Waals surface area contributed by atoms with Crippen LogP contribution in [0.25, 0.3) is 0 Å². The van der Waals surface area contributed by atoms with Gasteiger partial charge in [-0.15, -0.1) is 0 Å². The zero-order valence-electron chi connectivity index (χ0n) is 8.77. The monoisotopic (exact) mass is 198 g/mol. The molecular formula is C9H18N4O. The Morgan fingerprint density at radius 3 is 2.79 bits per heavy atom. The molecule has 0 aromatic carbocycles. The summed E-state index contributed by atoms with van der Waals surface area (Å²) in [6, 6.07) is 0. The van der Waals surface area contributed by atoms with Gasteiger partial charge in [0.1, 0.15) is 12.2 Å². The molecule has 14 heavy (non-hydrogen) atoms. The lowest BCUT2D eigenvalue weighted by Crippen LogP contribution is -2.40. The summed E-state index contributed by atoms with van der Waals surface area (Å²) in [5.41, 5.74) is 4.71. The molecule has 0 aliphatic heterocycles. The maximum Gasteiger partial charge on any atom is 0.138 e. The molecule has 1 heterocycles. The summed E-state index contributed by atoms with van der Waals surface area (Å²) in [5.74, 6) is 0.770. The van der Waals surface area contributed by atoms with Crippen molar-refractivity contribution in [2.45, 2.75) is 31.8 Å². The molecule has 0 spiro atoms. The third-order valence-corrected chi connectivity index (χ3v) is 2.39. The van der Waals surface area contributed by atoms with E-state index < -0.39 is 5.60 Å². The van der Waals surface area contributed by atoms with Crippen LogP contribution in [0, 0.1) is 0 Å². The van der Waals surface area contributed by atoms with Gasteiger partial charge in [0.05, 0.1) is 5.60 Å². The van der Waals surface area contributed by atoms with Crippen LogP contribution < -0.4 is 5.73 Å². The van der Waals surface area contributed by atoms with Gasteiger partial charge in [0, 0.05) is 20.0 Å². The molecule has 0 aliphatic rings. The van der Waals surface area contributed by atoms with Crippen molar-refractivity contribution in [1.82, 2.24) is 14.8 Å². The molecular weight excluding hydrogens is 180 g/mol. The van der Waals surface area contributed by atoms with E-state index in [0.717, 1.165) is 12.2 Å². The number of nitrogens with two attached hydrogens (primary N) is 1. The van der Waals surface area contributed by atoms with Gasteiger partial charge in [-0.3, -0.25) is 4.68 Å². The van der Waals surface area contributed by atoms with Crippen LogP contribution in [0.15, 0.2) is 6.33 Å². The van der Waals surface area contributed by atoms with E-state index in [0.29, 0.717) is 12.8 Å². The first-order valence-electron chi connectivity index (χ1n) is 4.86. The molecule has 0 radical (unpaired) electrons. The fourth-order valence-corrected chi connectivity index (χ4v) is 1.50. The zero-order valence-corrected chi connectivity index (χ0v) is 8.77. The maximum atomic E-state index is 10.1. The SMILES string of the molecule is CCCC(O)(CN)Cc1ncnn1C. The van der Waals surface area contributed by atoms with E-state index in [1.165, 1.54) is 6.33 Å². The third kappa shape index (κ3) is 2.52. The lowest BCUT2D eigenvalue weighted by atomic mass is 9.94. The Kier molecular flexibility index (Phi) is 3.60. The molecule has 1 aromatic rings. The predicted octanol–water partition coefficient (Wildman–Crippen LogP) is -0.152. The molecule has 0 saturated heterocycles. The normalized spacial score (nSPS) is 15.4. The largest absolute Gasteiger partial charge is 0.388 e. The summed E-state index contributed by atoms with van der Waals surface area (Å²) < 4.78 is 1.66. The summed E-state index contributed by atoms with van der Waals surface area (Å²) >= 11 is 0. The topological polar surface area (TPSA) is 77.0 Å². The van der Waals surface area contributed by atoms with Gasteiger partial charge >= 0.3 is 0 Å². The van der Waals surface area contributed by atoms with Gasteiger partial charge in [-0.05, 0) is 6.42 Å². The molecule has 0 amide bonds. The molecule has 5 heteroatoms. The first kappa shape index (κ1) is 11.1. The van der Waals surface area contributed by atoms with Crippen LogP contribution in [0.5, 0.6) is 0 Å². The first-order chi connectivity index (χ1) is 6.61. The summed E-state index contributed by atoms with van der Waals surface area (Å²) in [6.07, 6.45) is 3.55. The second-order valence-electron chi connectivity index (χ2n) is 3.66. The summed E-state index contributed by atoms with van der Waals surface area (Å²) in [6.45, 7) is 2.28. The Balaban J connectivity index is 2.69. The standard InChI is InChI=1S/C9H18N4O/c1-3-4-9(14,6-10)5-8-11-7-12-13(8)2/h7,14H,3-6,10H2,1-2H3. The summed E-state index contributed by atoms with van der Waals surface area (Å²) in [5, 5.41) is 14.1. The summed E-state index contributed by atoms with van der Waals surface area (Å²) in [4.78, 5) is 4.07. The van der Waals surface area contributed by atoms with Crippen LogP contribution >= 0.6 is 0 Å². The van der Waals surface area contributed by atoms with E-state index in [-0.39, 0.29) is 6.54 Å². The third-order valence-electron chi connectivity index (χ3n) is 2.39. The molecule has 1 atom stereocenters. The van der Waals surface area contributed by atoms with Gasteiger partial charge in [0.2, 0.25) is 0 Å². The van der Waals surface area contributed by atoms with Crippen molar-refractivity contribution in [2.24, 2.45) is 12.8 Å². The highest BCUT2D eigenvalue weighted by Gasteiger charge is 2.26. The number of aromatic nitrogens is 3. The minimum absolute atomic E-state index is 0.258. The van der Waals surface area contributed by atoms with E-state index in [9.17, 15) is 5.11 Å². The first-order valence-corrected chi connectivity index (χ1v) is 4.86. The fraction of sp³-hybridized carbons (Fsp3) is 0.778. The van der Waals surface area contributed by atoms with Crippen LogP contribution in [-0.4, -0.2) is 32.0 Å². The number of nitrogens with zero attached hydrogens (tertiary/aromatic N) is 3. The van der Waals surface area contributed by atoms with E-state index in [4.69, 9.17) is 5.73 Å². The van der Waals surface area contributed by atoms with Crippen LogP contribution in [-0.2, 0) is 13.5 Å². The number of rotatable bonds is 5. The number of hydrogen-bond donors (Lipinski definition) is 2. The second-order valence-corrected chi connectivity index (χ2v) is 3.66. The van der Waals surface area contributed by atoms with E-state index in [1.54, 1.807) is 4.68 Å². The Labute approximate surface area is 83.9 Å². The maximum absolute atomic E-state index is 10.1. The van der Waals surface area contributed by atoms with Gasteiger partial charge in [-0.25, -0.2) is 4.98 Å². The molecule has 0 bridgehead atoms. The molecule has 5 nitrogen and oxygen atoms in total. The Bertz CT molecular complexity index is 286. The van der Waals surface area contributed by atoms with E-state index in [1.807, 2.05) is 14.0 Å². The van der Waals surface area contributed by atoms with E-state index >= 15 is 0 Å². The Morgan fingerprint density at radius 2 is 2.36 bits per heavy atom. The van der Waals surface area contributed by atoms with Crippen LogP contribution in [0.4, 0.5) is 0 Å². The van der Waals surface area contributed by atoms with Crippen molar-refractivity contribution in [3.63, 3.8) is 0 Å². The van der Waals surface area contributed by atoms with Crippen LogP contribution in [0.1, 0.15) is 25.6 Å². The number of hydrogen-bond acceptors (Lipinski definition) is 4. The van der Waals surface area contributed by atoms with Crippen molar-refractivity contribution in [3.05, 3.63) is 12.2 Å². The molecule has 0 fully saturated rings. The quantitative estimate of drug-likeness (QED) is 0.689. The Hall–Kier alpha value is -0.940. The van der Waals surface area contributed by atoms with Gasteiger partial charge in [-0.1, -0.05) is 13.3 Å². The molecule has 1 unspecified atom stereocenters. The van der Waals surface area contributed by atoms with E-state index in [2.05, 4.69) is 10.1 Å². The summed E-state index contributed by atoms with van der Waals surface area (Å²) in [7, 11) is 1.81. The highest BCUT2D eigenvalue weighted by molar-refractivity contribution is 4.94. The number of aryl methyl sites for hydroxylation is 1. The average Bonchev–Trinajstić information content (AvgIpc) is 2.52. The van der Waals surface area contributed by atoms with Gasteiger partial charge in [0.15, 0.2) is 0 Å². The van der Waals surface area contributed by atoms with Crippen molar-refractivity contribution < 1.29 is 5.11 Å². The van der Waals surface area contributed by atoms with Crippen molar-refractivity contribution in [2.75, 3.05) is 6.54 Å². The van der Waals surface area contributed by atoms with Gasteiger partial charge < -0.3 is 10.8 Å². The second kappa shape index (κ2) is 4.52. The molecule has 0 saturated carbocycles. The van der Waals surface area contributed by atoms with Crippen molar-refractivity contribution in [1.29, 1.82) is 0 Å². The van der Waals surface area contributed by atoms with Crippen LogP contribution in [0.2, 0.25) is 0 Å². The molecule has 0 aliphatic carbocycles. The zero-order chi connectivity index (χ0) is 10.6. The van der Waals surface area contributed by atoms with Gasteiger partial charge in [0.25, 0.3) is 0 Å². The van der Waals surface area contributed by atoms with Crippen molar-refractivity contribution in [3.8, 4) is 0 Å². The molecule has 3 N–H and O–H groups in total. The predicted molar refractivity (Wildman–Crippen MR) is 53.6 cm³/mol. The lowest BCUT2D eigenvalue weighted by Gasteiger charge is -2.25. The number of aliphatic hydroxyl groups is 1. The van der Waals surface area contributed by atoms with Gasteiger partial charge in [-0.2, -0.15) is 5.10 Å². The molecule has 80 valence electrons. The highest BCUT2D eigenvalue weighted by Crippen LogP contribution is 2.16. The highest BCUT2D eigenvalue weighted by atomic mass is 16.3.